The third-order valence-electron chi connectivity index (χ3n) is 1.30. The van der Waals surface area contributed by atoms with Gasteiger partial charge < -0.3 is 5.11 Å². The molecule has 68 valence electrons. The average Bonchev–Trinajstić information content (AvgIpc) is 2.37. The van der Waals surface area contributed by atoms with Crippen molar-refractivity contribution in [2.45, 2.75) is 18.8 Å². The van der Waals surface area contributed by atoms with Crippen LogP contribution in [0.25, 0.3) is 0 Å². The lowest BCUT2D eigenvalue weighted by Gasteiger charge is -2.13. The van der Waals surface area contributed by atoms with Crippen LogP contribution in [0.15, 0.2) is 18.5 Å². The maximum Gasteiger partial charge on any atom is 0.416 e. The zero-order valence-electron chi connectivity index (χ0n) is 5.99. The Labute approximate surface area is 66.4 Å². The van der Waals surface area contributed by atoms with Gasteiger partial charge >= 0.3 is 6.18 Å². The number of aromatic nitrogens is 2. The number of aliphatic hydroxyl groups excluding tert-OH is 1. The van der Waals surface area contributed by atoms with Crippen molar-refractivity contribution in [1.29, 1.82) is 0 Å². The SMILES string of the molecule is O[C@H](Cn1cccn1)C(F)(F)F. The van der Waals surface area contributed by atoms with Crippen LogP contribution in [0, 0.1) is 0 Å². The summed E-state index contributed by atoms with van der Waals surface area (Å²) in [6.45, 7) is -0.559. The molecule has 0 amide bonds. The number of hydrogen-bond acceptors (Lipinski definition) is 2. The predicted octanol–water partition coefficient (Wildman–Crippen LogP) is 0.806. The second-order valence-corrected chi connectivity index (χ2v) is 2.29. The van der Waals surface area contributed by atoms with Crippen LogP contribution in [0.5, 0.6) is 0 Å². The minimum absolute atomic E-state index is 0.559. The molecule has 1 heterocycles. The van der Waals surface area contributed by atoms with Crippen LogP contribution >= 0.6 is 0 Å². The van der Waals surface area contributed by atoms with Crippen LogP contribution in [0.2, 0.25) is 0 Å². The maximum absolute atomic E-state index is 11.7. The molecule has 1 N–H and O–H groups in total. The number of alkyl halides is 3. The number of nitrogens with zero attached hydrogens (tertiary/aromatic N) is 2. The van der Waals surface area contributed by atoms with E-state index in [1.54, 1.807) is 0 Å². The quantitative estimate of drug-likeness (QED) is 0.731. The van der Waals surface area contributed by atoms with E-state index in [0.717, 1.165) is 4.68 Å². The smallest absolute Gasteiger partial charge is 0.382 e. The van der Waals surface area contributed by atoms with Gasteiger partial charge in [0.25, 0.3) is 0 Å². The van der Waals surface area contributed by atoms with Gasteiger partial charge in [0, 0.05) is 12.4 Å². The van der Waals surface area contributed by atoms with E-state index in [4.69, 9.17) is 5.11 Å². The van der Waals surface area contributed by atoms with Crippen LogP contribution in [-0.2, 0) is 6.54 Å². The van der Waals surface area contributed by atoms with Crippen molar-refractivity contribution in [3.05, 3.63) is 18.5 Å². The summed E-state index contributed by atoms with van der Waals surface area (Å²) in [6.07, 6.45) is -4.22. The number of halogens is 3. The topological polar surface area (TPSA) is 38.0 Å². The van der Waals surface area contributed by atoms with Crippen LogP contribution in [-0.4, -0.2) is 27.2 Å². The predicted molar refractivity (Wildman–Crippen MR) is 34.3 cm³/mol. The third kappa shape index (κ3) is 2.23. The van der Waals surface area contributed by atoms with Gasteiger partial charge in [0.05, 0.1) is 6.54 Å². The first-order valence-electron chi connectivity index (χ1n) is 3.22. The van der Waals surface area contributed by atoms with Gasteiger partial charge in [0.1, 0.15) is 0 Å². The molecule has 0 saturated carbocycles. The second-order valence-electron chi connectivity index (χ2n) is 2.29. The Morgan fingerprint density at radius 2 is 2.17 bits per heavy atom. The highest BCUT2D eigenvalue weighted by atomic mass is 19.4. The second kappa shape index (κ2) is 3.14. The Morgan fingerprint density at radius 1 is 1.50 bits per heavy atom. The highest BCUT2D eigenvalue weighted by Crippen LogP contribution is 2.20. The molecule has 1 aromatic heterocycles. The lowest BCUT2D eigenvalue weighted by molar-refractivity contribution is -0.208. The highest BCUT2D eigenvalue weighted by molar-refractivity contribution is 4.79. The van der Waals surface area contributed by atoms with E-state index >= 15 is 0 Å². The molecule has 12 heavy (non-hydrogen) atoms. The van der Waals surface area contributed by atoms with E-state index in [-0.39, 0.29) is 0 Å². The first kappa shape index (κ1) is 9.05. The molecular weight excluding hydrogens is 173 g/mol. The molecule has 0 spiro atoms. The normalized spacial score (nSPS) is 14.7. The van der Waals surface area contributed by atoms with Crippen molar-refractivity contribution in [3.63, 3.8) is 0 Å². The Hall–Kier alpha value is -1.04. The summed E-state index contributed by atoms with van der Waals surface area (Å²) in [5.74, 6) is 0. The lowest BCUT2D eigenvalue weighted by Crippen LogP contribution is -2.32. The molecule has 0 saturated heterocycles. The van der Waals surface area contributed by atoms with Crippen LogP contribution < -0.4 is 0 Å². The third-order valence-corrected chi connectivity index (χ3v) is 1.30. The molecule has 0 aliphatic rings. The lowest BCUT2D eigenvalue weighted by atomic mass is 10.3. The van der Waals surface area contributed by atoms with Crippen LogP contribution in [0.4, 0.5) is 13.2 Å². The summed E-state index contributed by atoms with van der Waals surface area (Å²) in [7, 11) is 0. The molecule has 0 unspecified atom stereocenters. The van der Waals surface area contributed by atoms with Crippen LogP contribution in [0.3, 0.4) is 0 Å². The molecule has 0 radical (unpaired) electrons. The average molecular weight is 180 g/mol. The molecule has 1 rings (SSSR count). The van der Waals surface area contributed by atoms with Crippen molar-refractivity contribution < 1.29 is 18.3 Å². The van der Waals surface area contributed by atoms with Crippen molar-refractivity contribution in [2.75, 3.05) is 0 Å². The van der Waals surface area contributed by atoms with Gasteiger partial charge in [-0.1, -0.05) is 0 Å². The summed E-state index contributed by atoms with van der Waals surface area (Å²) in [4.78, 5) is 0. The maximum atomic E-state index is 11.7. The Kier molecular flexibility index (Phi) is 2.37. The highest BCUT2D eigenvalue weighted by Gasteiger charge is 2.38. The van der Waals surface area contributed by atoms with E-state index in [0.29, 0.717) is 0 Å². The minimum Gasteiger partial charge on any atom is -0.382 e. The summed E-state index contributed by atoms with van der Waals surface area (Å²) in [5, 5.41) is 12.1. The first-order valence-corrected chi connectivity index (χ1v) is 3.22. The standard InChI is InChI=1S/C6H7F3N2O/c7-6(8,9)5(12)4-11-3-1-2-10-11/h1-3,5,12H,4H2/t5-/m1/s1. The van der Waals surface area contributed by atoms with Gasteiger partial charge in [-0.3, -0.25) is 4.68 Å². The fourth-order valence-corrected chi connectivity index (χ4v) is 0.689. The fourth-order valence-electron chi connectivity index (χ4n) is 0.689. The Bertz CT molecular complexity index is 231. The van der Waals surface area contributed by atoms with Gasteiger partial charge in [-0.25, -0.2) is 0 Å². The van der Waals surface area contributed by atoms with E-state index in [9.17, 15) is 13.2 Å². The van der Waals surface area contributed by atoms with Crippen molar-refractivity contribution >= 4 is 0 Å². The molecule has 3 nitrogen and oxygen atoms in total. The summed E-state index contributed by atoms with van der Waals surface area (Å²) >= 11 is 0. The molecule has 0 aromatic carbocycles. The molecule has 6 heteroatoms. The van der Waals surface area contributed by atoms with Crippen molar-refractivity contribution in [1.82, 2.24) is 9.78 Å². The molecule has 0 fully saturated rings. The summed E-state index contributed by atoms with van der Waals surface area (Å²) < 4.78 is 36.3. The van der Waals surface area contributed by atoms with E-state index < -0.39 is 18.8 Å². The Morgan fingerprint density at radius 3 is 2.58 bits per heavy atom. The summed E-state index contributed by atoms with van der Waals surface area (Å²) in [5.41, 5.74) is 0. The van der Waals surface area contributed by atoms with Gasteiger partial charge in [-0.15, -0.1) is 0 Å². The zero-order valence-corrected chi connectivity index (χ0v) is 5.99. The minimum atomic E-state index is -4.58. The first-order chi connectivity index (χ1) is 5.50. The molecular formula is C6H7F3N2O. The zero-order chi connectivity index (χ0) is 9.19. The van der Waals surface area contributed by atoms with Crippen LogP contribution in [0.1, 0.15) is 0 Å². The van der Waals surface area contributed by atoms with Gasteiger partial charge in [-0.2, -0.15) is 18.3 Å². The number of aliphatic hydroxyl groups is 1. The van der Waals surface area contributed by atoms with Crippen molar-refractivity contribution in [3.8, 4) is 0 Å². The number of hydrogen-bond donors (Lipinski definition) is 1. The van der Waals surface area contributed by atoms with E-state index in [1.807, 2.05) is 0 Å². The number of rotatable bonds is 2. The van der Waals surface area contributed by atoms with E-state index in [2.05, 4.69) is 5.10 Å². The van der Waals surface area contributed by atoms with Gasteiger partial charge in [-0.05, 0) is 6.07 Å². The van der Waals surface area contributed by atoms with Gasteiger partial charge in [0.2, 0.25) is 0 Å². The molecule has 0 aliphatic heterocycles. The molecule has 1 atom stereocenters. The molecule has 0 bridgehead atoms. The van der Waals surface area contributed by atoms with Crippen molar-refractivity contribution in [2.24, 2.45) is 0 Å². The van der Waals surface area contributed by atoms with Gasteiger partial charge in [0.15, 0.2) is 6.10 Å². The summed E-state index contributed by atoms with van der Waals surface area (Å²) in [6, 6.07) is 1.49. The monoisotopic (exact) mass is 180 g/mol. The molecule has 1 aromatic rings. The fraction of sp³-hybridized carbons (Fsp3) is 0.500. The Balaban J connectivity index is 2.53. The largest absolute Gasteiger partial charge is 0.416 e. The molecule has 0 aliphatic carbocycles. The van der Waals surface area contributed by atoms with E-state index in [1.165, 1.54) is 18.5 Å².